The van der Waals surface area contributed by atoms with Gasteiger partial charge in [0.05, 0.1) is 6.61 Å². The van der Waals surface area contributed by atoms with E-state index in [2.05, 4.69) is 11.9 Å². The van der Waals surface area contributed by atoms with Crippen LogP contribution in [0.5, 0.6) is 0 Å². The van der Waals surface area contributed by atoms with E-state index in [-0.39, 0.29) is 18.7 Å². The van der Waals surface area contributed by atoms with Gasteiger partial charge in [0.1, 0.15) is 24.2 Å². The van der Waals surface area contributed by atoms with Gasteiger partial charge in [-0.1, -0.05) is 30.3 Å². The molecular formula is C17H21NO4. The quantitative estimate of drug-likeness (QED) is 0.662. The Morgan fingerprint density at radius 3 is 2.55 bits per heavy atom. The van der Waals surface area contributed by atoms with Crippen LogP contribution in [0.3, 0.4) is 0 Å². The zero-order chi connectivity index (χ0) is 15.3. The van der Waals surface area contributed by atoms with E-state index in [1.165, 1.54) is 0 Å². The number of rotatable bonds is 4. The molecule has 3 fully saturated rings. The fraction of sp³-hybridized carbons (Fsp3) is 0.588. The van der Waals surface area contributed by atoms with Crippen LogP contribution >= 0.6 is 0 Å². The minimum absolute atomic E-state index is 0.0622. The molecule has 3 aliphatic heterocycles. The summed E-state index contributed by atoms with van der Waals surface area (Å²) in [6, 6.07) is 10.1. The molecule has 0 amide bonds. The van der Waals surface area contributed by atoms with Crippen molar-refractivity contribution in [3.8, 4) is 0 Å². The van der Waals surface area contributed by atoms with Crippen molar-refractivity contribution < 1.29 is 19.4 Å². The Bertz CT molecular complexity index is 545. The largest absolute Gasteiger partial charge is 0.462 e. The van der Waals surface area contributed by atoms with Crippen LogP contribution in [0.15, 0.2) is 30.3 Å². The zero-order valence-corrected chi connectivity index (χ0v) is 12.6. The number of fused-ring (bicyclic) bond motifs is 5. The summed E-state index contributed by atoms with van der Waals surface area (Å²) in [5, 5.41) is 9.56. The summed E-state index contributed by atoms with van der Waals surface area (Å²) < 4.78 is 11.4. The van der Waals surface area contributed by atoms with Crippen molar-refractivity contribution >= 4 is 5.97 Å². The lowest BCUT2D eigenvalue weighted by Gasteiger charge is -2.38. The number of likely N-dealkylation sites (N-methyl/N-ethyl adjacent to an activating group) is 1. The Labute approximate surface area is 129 Å². The normalized spacial score (nSPS) is 37.5. The second-order valence-electron chi connectivity index (χ2n) is 6.54. The molecule has 5 nitrogen and oxygen atoms in total. The number of esters is 1. The van der Waals surface area contributed by atoms with Gasteiger partial charge in [-0.25, -0.2) is 0 Å². The molecular weight excluding hydrogens is 282 g/mol. The van der Waals surface area contributed by atoms with Gasteiger partial charge in [-0.2, -0.15) is 0 Å². The van der Waals surface area contributed by atoms with Crippen LogP contribution in [0.1, 0.15) is 24.3 Å². The molecule has 0 aromatic heterocycles. The molecule has 1 aromatic carbocycles. The molecule has 1 aromatic rings. The molecule has 0 spiro atoms. The zero-order valence-electron chi connectivity index (χ0n) is 12.6. The summed E-state index contributed by atoms with van der Waals surface area (Å²) in [7, 11) is 2.13. The van der Waals surface area contributed by atoms with Crippen molar-refractivity contribution in [3.05, 3.63) is 35.9 Å². The standard InChI is InChI=1S/C17H21NO4/c1-18-13-7-11(8-14(18)16-15(13)22-16)21-17(20)12(9-19)10-5-3-2-4-6-10/h2-6,11-16,19H,7-9H2,1H3/t12?,13-,14-,15-,16-/m0/s1. The van der Waals surface area contributed by atoms with Gasteiger partial charge in [0.25, 0.3) is 0 Å². The molecule has 1 N–H and O–H groups in total. The number of nitrogens with zero attached hydrogens (tertiary/aromatic N) is 1. The fourth-order valence-corrected chi connectivity index (χ4v) is 4.04. The molecule has 1 unspecified atom stereocenters. The second-order valence-corrected chi connectivity index (χ2v) is 6.54. The van der Waals surface area contributed by atoms with Gasteiger partial charge < -0.3 is 14.6 Å². The molecule has 0 radical (unpaired) electrons. The van der Waals surface area contributed by atoms with E-state index in [0.717, 1.165) is 18.4 Å². The molecule has 3 heterocycles. The molecule has 0 aliphatic carbocycles. The third-order valence-electron chi connectivity index (χ3n) is 5.33. The van der Waals surface area contributed by atoms with Crippen LogP contribution in [0.4, 0.5) is 0 Å². The number of carbonyl (C=O) groups is 1. The molecule has 5 heteroatoms. The number of piperidine rings is 1. The Kier molecular flexibility index (Phi) is 3.44. The van der Waals surface area contributed by atoms with Gasteiger partial charge in [0.2, 0.25) is 0 Å². The number of epoxide rings is 1. The van der Waals surface area contributed by atoms with Crippen LogP contribution in [-0.2, 0) is 14.3 Å². The van der Waals surface area contributed by atoms with E-state index in [1.54, 1.807) is 0 Å². The van der Waals surface area contributed by atoms with Crippen molar-refractivity contribution in [1.29, 1.82) is 0 Å². The first-order chi connectivity index (χ1) is 10.7. The SMILES string of the molecule is CN1[C@H]2CC(OC(=O)C(CO)c3ccccc3)C[C@H]1[C@@H]1O[C@H]12. The molecule has 2 bridgehead atoms. The highest BCUT2D eigenvalue weighted by Crippen LogP contribution is 2.48. The number of ether oxygens (including phenoxy) is 2. The van der Waals surface area contributed by atoms with Crippen molar-refractivity contribution in [3.63, 3.8) is 0 Å². The Hall–Kier alpha value is -1.43. The van der Waals surface area contributed by atoms with E-state index < -0.39 is 5.92 Å². The van der Waals surface area contributed by atoms with Gasteiger partial charge in [-0.05, 0) is 12.6 Å². The Balaban J connectivity index is 1.42. The number of benzene rings is 1. The van der Waals surface area contributed by atoms with Crippen molar-refractivity contribution in [2.45, 2.75) is 49.2 Å². The minimum atomic E-state index is -0.593. The van der Waals surface area contributed by atoms with Crippen LogP contribution < -0.4 is 0 Å². The molecule has 3 saturated heterocycles. The van der Waals surface area contributed by atoms with E-state index in [9.17, 15) is 9.90 Å². The van der Waals surface area contributed by atoms with Gasteiger partial charge in [-0.15, -0.1) is 0 Å². The highest BCUT2D eigenvalue weighted by molar-refractivity contribution is 5.78. The monoisotopic (exact) mass is 303 g/mol. The van der Waals surface area contributed by atoms with E-state index in [4.69, 9.17) is 9.47 Å². The highest BCUT2D eigenvalue weighted by atomic mass is 16.6. The average molecular weight is 303 g/mol. The summed E-state index contributed by atoms with van der Waals surface area (Å²) in [6.07, 6.45) is 2.26. The number of morpholine rings is 1. The first-order valence-corrected chi connectivity index (χ1v) is 7.92. The number of hydrogen-bond acceptors (Lipinski definition) is 5. The van der Waals surface area contributed by atoms with Gasteiger partial charge in [-0.3, -0.25) is 9.69 Å². The third kappa shape index (κ3) is 2.24. The topological polar surface area (TPSA) is 62.3 Å². The minimum Gasteiger partial charge on any atom is -0.462 e. The maximum atomic E-state index is 12.4. The van der Waals surface area contributed by atoms with Crippen molar-refractivity contribution in [2.24, 2.45) is 0 Å². The van der Waals surface area contributed by atoms with Gasteiger partial charge in [0, 0.05) is 24.9 Å². The Morgan fingerprint density at radius 1 is 1.32 bits per heavy atom. The molecule has 5 atom stereocenters. The summed E-state index contributed by atoms with van der Waals surface area (Å²) in [5.41, 5.74) is 0.803. The van der Waals surface area contributed by atoms with E-state index >= 15 is 0 Å². The number of hydrogen-bond donors (Lipinski definition) is 1. The molecule has 0 saturated carbocycles. The van der Waals surface area contributed by atoms with Gasteiger partial charge >= 0.3 is 5.97 Å². The van der Waals surface area contributed by atoms with E-state index in [0.29, 0.717) is 24.3 Å². The lowest BCUT2D eigenvalue weighted by atomic mass is 9.97. The number of aliphatic hydroxyl groups excluding tert-OH is 1. The third-order valence-corrected chi connectivity index (χ3v) is 5.33. The predicted octanol–water partition coefficient (Wildman–Crippen LogP) is 0.918. The van der Waals surface area contributed by atoms with Crippen LogP contribution in [-0.4, -0.2) is 60.0 Å². The van der Waals surface area contributed by atoms with Crippen LogP contribution in [0, 0.1) is 0 Å². The number of aliphatic hydroxyl groups is 1. The summed E-state index contributed by atoms with van der Waals surface area (Å²) in [5.74, 6) is -0.915. The van der Waals surface area contributed by atoms with Crippen LogP contribution in [0.25, 0.3) is 0 Å². The maximum Gasteiger partial charge on any atom is 0.316 e. The lowest BCUT2D eigenvalue weighted by Crippen LogP contribution is -2.48. The highest BCUT2D eigenvalue weighted by Gasteiger charge is 2.62. The molecule has 22 heavy (non-hydrogen) atoms. The van der Waals surface area contributed by atoms with E-state index in [1.807, 2.05) is 30.3 Å². The first kappa shape index (κ1) is 14.2. The molecule has 118 valence electrons. The lowest BCUT2D eigenvalue weighted by molar-refractivity contribution is -0.156. The maximum absolute atomic E-state index is 12.4. The van der Waals surface area contributed by atoms with Gasteiger partial charge in [0.15, 0.2) is 0 Å². The average Bonchev–Trinajstić information content (AvgIpc) is 3.27. The van der Waals surface area contributed by atoms with Crippen molar-refractivity contribution in [1.82, 2.24) is 4.90 Å². The van der Waals surface area contributed by atoms with Crippen LogP contribution in [0.2, 0.25) is 0 Å². The summed E-state index contributed by atoms with van der Waals surface area (Å²) >= 11 is 0. The fourth-order valence-electron chi connectivity index (χ4n) is 4.04. The molecule has 4 rings (SSSR count). The first-order valence-electron chi connectivity index (χ1n) is 7.92. The smallest absolute Gasteiger partial charge is 0.316 e. The Morgan fingerprint density at radius 2 is 1.95 bits per heavy atom. The second kappa shape index (κ2) is 5.33. The predicted molar refractivity (Wildman–Crippen MR) is 79.4 cm³/mol. The van der Waals surface area contributed by atoms with Crippen molar-refractivity contribution in [2.75, 3.05) is 13.7 Å². The summed E-state index contributed by atoms with van der Waals surface area (Å²) in [4.78, 5) is 14.8. The number of carbonyl (C=O) groups excluding carboxylic acids is 1. The molecule has 3 aliphatic rings. The summed E-state index contributed by atoms with van der Waals surface area (Å²) in [6.45, 7) is -0.226.